The van der Waals surface area contributed by atoms with E-state index in [4.69, 9.17) is 0 Å². The maximum atomic E-state index is 3.06. The van der Waals surface area contributed by atoms with Crippen LogP contribution in [-0.2, 0) is 23.3 Å². The number of aryl methyl sites for hydroxylation is 2. The topological polar surface area (TPSA) is 0 Å². The quantitative estimate of drug-likeness (QED) is 0.125. The maximum absolute atomic E-state index is 3.06. The van der Waals surface area contributed by atoms with Gasteiger partial charge < -0.3 is 29.7 Å². The van der Waals surface area contributed by atoms with Crippen molar-refractivity contribution in [2.24, 2.45) is 0 Å². The summed E-state index contributed by atoms with van der Waals surface area (Å²) >= 11 is 1.36. The molecular formula is C44H42SiZr-6. The number of benzene rings is 6. The molecule has 232 valence electrons. The molecule has 0 N–H and O–H groups in total. The van der Waals surface area contributed by atoms with E-state index in [0.29, 0.717) is 0 Å². The third-order valence-electron chi connectivity index (χ3n) is 7.91. The molecular weight excluding hydrogens is 648 g/mol. The predicted octanol–water partition coefficient (Wildman–Crippen LogP) is 12.8. The molecule has 2 radical (unpaired) electrons. The first-order chi connectivity index (χ1) is 20.6. The van der Waals surface area contributed by atoms with Crippen molar-refractivity contribution in [3.8, 4) is 22.3 Å². The van der Waals surface area contributed by atoms with E-state index in [1.807, 2.05) is 0 Å². The molecule has 8 aromatic rings. The van der Waals surface area contributed by atoms with Gasteiger partial charge in [-0.15, -0.1) is 69.1 Å². The van der Waals surface area contributed by atoms with Gasteiger partial charge in [-0.05, 0) is 44.8 Å². The second-order valence-electron chi connectivity index (χ2n) is 10.8. The predicted molar refractivity (Wildman–Crippen MR) is 206 cm³/mol. The Kier molecular flexibility index (Phi) is 14.3. The summed E-state index contributed by atoms with van der Waals surface area (Å²) in [5.74, 6) is 0. The van der Waals surface area contributed by atoms with Crippen molar-refractivity contribution < 1.29 is 23.3 Å². The Bertz CT molecular complexity index is 2010. The molecule has 0 spiro atoms. The van der Waals surface area contributed by atoms with Crippen LogP contribution in [0.2, 0.25) is 0 Å². The Balaban J connectivity index is 0.000000281. The number of hydrogen-bond donors (Lipinski definition) is 0. The Labute approximate surface area is 294 Å². The molecule has 0 aliphatic rings. The van der Waals surface area contributed by atoms with Crippen LogP contribution in [0.25, 0.3) is 65.3 Å². The van der Waals surface area contributed by atoms with Gasteiger partial charge in [0.1, 0.15) is 0 Å². The van der Waals surface area contributed by atoms with Gasteiger partial charge in [0.15, 0.2) is 0 Å². The van der Waals surface area contributed by atoms with Crippen molar-refractivity contribution in [2.45, 2.75) is 13.8 Å². The van der Waals surface area contributed by atoms with E-state index in [0.717, 1.165) is 0 Å². The number of rotatable bonds is 2. The van der Waals surface area contributed by atoms with E-state index in [1.54, 1.807) is 0 Å². The molecule has 0 aliphatic carbocycles. The molecule has 0 aliphatic heterocycles. The van der Waals surface area contributed by atoms with Crippen LogP contribution in [0.15, 0.2) is 146 Å². The fourth-order valence-corrected chi connectivity index (χ4v) is 5.99. The average Bonchev–Trinajstić information content (AvgIpc) is 3.62. The molecule has 0 bridgehead atoms. The first kappa shape index (κ1) is 38.3. The molecule has 46 heavy (non-hydrogen) atoms. The van der Waals surface area contributed by atoms with Crippen LogP contribution in [0.1, 0.15) is 11.1 Å². The van der Waals surface area contributed by atoms with Crippen molar-refractivity contribution in [1.82, 2.24) is 0 Å². The first-order valence-electron chi connectivity index (χ1n) is 14.2. The van der Waals surface area contributed by atoms with Crippen molar-refractivity contribution in [3.05, 3.63) is 186 Å². The molecule has 0 nitrogen and oxygen atoms in total. The van der Waals surface area contributed by atoms with E-state index < -0.39 is 0 Å². The molecule has 0 saturated carbocycles. The number of fused-ring (bicyclic) bond motifs is 4. The van der Waals surface area contributed by atoms with E-state index >= 15 is 0 Å². The van der Waals surface area contributed by atoms with E-state index in [2.05, 4.69) is 166 Å². The van der Waals surface area contributed by atoms with Crippen LogP contribution in [-0.4, -0.2) is 6.88 Å². The summed E-state index contributed by atoms with van der Waals surface area (Å²) in [6.07, 6.45) is 0. The van der Waals surface area contributed by atoms with Gasteiger partial charge in [0, 0.05) is 0 Å². The zero-order valence-electron chi connectivity index (χ0n) is 27.9. The van der Waals surface area contributed by atoms with Gasteiger partial charge in [-0.1, -0.05) is 110 Å². The Morgan fingerprint density at radius 2 is 0.783 bits per heavy atom. The summed E-state index contributed by atoms with van der Waals surface area (Å²) in [6, 6.07) is 52.6. The SMILES string of the molecule is Cc1cc2c(-c3ccc4ccccc4c3)cccc2[cH-]1.Cc1cc2c(-c3ccc4ccccc4c3)cccc2[cH-]1.[CH3-].[CH3-].[CH3-].[CH3-].[Si]=[Zr]. The van der Waals surface area contributed by atoms with Crippen LogP contribution in [0.3, 0.4) is 0 Å². The molecule has 0 saturated heterocycles. The zero-order valence-corrected chi connectivity index (χ0v) is 31.3. The molecule has 0 aromatic heterocycles. The van der Waals surface area contributed by atoms with Crippen LogP contribution in [0.4, 0.5) is 0 Å². The summed E-state index contributed by atoms with van der Waals surface area (Å²) in [4.78, 5) is 0. The van der Waals surface area contributed by atoms with Crippen molar-refractivity contribution in [1.29, 1.82) is 0 Å². The van der Waals surface area contributed by atoms with E-state index in [-0.39, 0.29) is 29.7 Å². The number of hydrogen-bond acceptors (Lipinski definition) is 0. The Morgan fingerprint density at radius 1 is 0.413 bits per heavy atom. The molecule has 0 atom stereocenters. The van der Waals surface area contributed by atoms with Crippen molar-refractivity contribution in [2.75, 3.05) is 0 Å². The van der Waals surface area contributed by atoms with Gasteiger partial charge in [-0.2, -0.15) is 12.1 Å². The van der Waals surface area contributed by atoms with Gasteiger partial charge >= 0.3 is 30.2 Å². The fraction of sp³-hybridized carbons (Fsp3) is 0.0455. The van der Waals surface area contributed by atoms with Gasteiger partial charge in [-0.25, -0.2) is 0 Å². The van der Waals surface area contributed by atoms with Gasteiger partial charge in [0.25, 0.3) is 0 Å². The standard InChI is InChI=1S/2C20H15.4CH3.Si.Zr/c2*1-14-11-17-7-4-8-19(20(17)12-14)18-10-9-15-5-2-3-6-16(15)13-18;;;;;;/h2*2-13H,1H3;4*1H3;;/q6*-1;;. The van der Waals surface area contributed by atoms with Crippen LogP contribution in [0, 0.1) is 43.6 Å². The fourth-order valence-electron chi connectivity index (χ4n) is 5.99. The summed E-state index contributed by atoms with van der Waals surface area (Å²) in [5.41, 5.74) is 7.88. The third-order valence-corrected chi connectivity index (χ3v) is 7.91. The summed E-state index contributed by atoms with van der Waals surface area (Å²) in [5, 5.41) is 10.5. The van der Waals surface area contributed by atoms with Crippen molar-refractivity contribution in [3.63, 3.8) is 0 Å². The minimum absolute atomic E-state index is 0. The monoisotopic (exact) mass is 688 g/mol. The van der Waals surface area contributed by atoms with Crippen LogP contribution < -0.4 is 0 Å². The minimum atomic E-state index is 0. The first-order valence-corrected chi connectivity index (χ1v) is 18.4. The molecule has 0 unspecified atom stereocenters. The van der Waals surface area contributed by atoms with E-state index in [9.17, 15) is 0 Å². The second-order valence-corrected chi connectivity index (χ2v) is 10.8. The molecule has 0 amide bonds. The van der Waals surface area contributed by atoms with Gasteiger partial charge in [0.2, 0.25) is 0 Å². The third kappa shape index (κ3) is 7.92. The summed E-state index contributed by atoms with van der Waals surface area (Å²) < 4.78 is 0. The Morgan fingerprint density at radius 3 is 1.17 bits per heavy atom. The molecule has 0 fully saturated rings. The van der Waals surface area contributed by atoms with Crippen LogP contribution in [0.5, 0.6) is 0 Å². The average molecular weight is 690 g/mol. The van der Waals surface area contributed by atoms with Gasteiger partial charge in [-0.3, -0.25) is 0 Å². The van der Waals surface area contributed by atoms with E-state index in [1.165, 1.54) is 99.8 Å². The molecule has 0 heterocycles. The second kappa shape index (κ2) is 17.2. The molecule has 2 heteroatoms. The summed E-state index contributed by atoms with van der Waals surface area (Å²) in [7, 11) is 0. The Hall–Kier alpha value is -3.84. The van der Waals surface area contributed by atoms with Gasteiger partial charge in [0.05, 0.1) is 0 Å². The normalized spacial score (nSPS) is 9.85. The van der Waals surface area contributed by atoms with Crippen molar-refractivity contribution >= 4 is 50.0 Å². The van der Waals surface area contributed by atoms with Crippen LogP contribution >= 0.6 is 0 Å². The zero-order chi connectivity index (χ0) is 29.1. The molecule has 8 rings (SSSR count). The molecule has 8 aromatic carbocycles. The summed E-state index contributed by atoms with van der Waals surface area (Å²) in [6.45, 7) is 7.38.